The molecular weight excluding hydrogens is 426 g/mol. The van der Waals surface area contributed by atoms with Crippen LogP contribution in [0, 0.1) is 0 Å². The number of hydrogen-bond acceptors (Lipinski definition) is 7. The molecule has 0 aliphatic heterocycles. The van der Waals surface area contributed by atoms with Crippen LogP contribution in [0.1, 0.15) is 10.4 Å². The monoisotopic (exact) mass is 447 g/mol. The van der Waals surface area contributed by atoms with E-state index < -0.39 is 0 Å². The first-order valence-corrected chi connectivity index (χ1v) is 10.6. The summed E-state index contributed by atoms with van der Waals surface area (Å²) >= 11 is 1.58. The topological polar surface area (TPSA) is 75.5 Å². The molecule has 8 heteroatoms. The summed E-state index contributed by atoms with van der Waals surface area (Å²) in [5.74, 6) is 0.911. The molecule has 0 amide bonds. The van der Waals surface area contributed by atoms with E-state index in [9.17, 15) is 4.79 Å². The Morgan fingerprint density at radius 2 is 1.56 bits per heavy atom. The largest absolute Gasteiger partial charge is 0.494 e. The van der Waals surface area contributed by atoms with Crippen LogP contribution in [0.3, 0.4) is 0 Å². The summed E-state index contributed by atoms with van der Waals surface area (Å²) in [6.45, 7) is 0. The number of carbonyl (C=O) groups is 1. The summed E-state index contributed by atoms with van der Waals surface area (Å²) in [4.78, 5) is 13.7. The molecule has 0 fully saturated rings. The number of hydrogen-bond donors (Lipinski definition) is 0. The van der Waals surface area contributed by atoms with Gasteiger partial charge in [0.15, 0.2) is 5.69 Å². The minimum Gasteiger partial charge on any atom is -0.494 e. The van der Waals surface area contributed by atoms with Crippen LogP contribution in [0.15, 0.2) is 82.7 Å². The molecule has 0 aliphatic carbocycles. The second-order valence-electron chi connectivity index (χ2n) is 6.67. The van der Waals surface area contributed by atoms with Crippen molar-refractivity contribution in [3.05, 3.63) is 78.5 Å². The van der Waals surface area contributed by atoms with Crippen LogP contribution < -0.4 is 9.47 Å². The Bertz CT molecular complexity index is 1220. The van der Waals surface area contributed by atoms with Crippen molar-refractivity contribution < 1.29 is 19.0 Å². The third-order valence-corrected chi connectivity index (χ3v) is 5.87. The molecule has 0 saturated heterocycles. The number of rotatable bonds is 7. The van der Waals surface area contributed by atoms with Crippen LogP contribution >= 0.6 is 11.8 Å². The number of nitrogens with zero attached hydrogens (tertiary/aromatic N) is 3. The maximum absolute atomic E-state index is 11.7. The fraction of sp³-hybridized carbons (Fsp3) is 0.125. The predicted octanol–water partition coefficient (Wildman–Crippen LogP) is 4.89. The highest BCUT2D eigenvalue weighted by Crippen LogP contribution is 2.37. The zero-order chi connectivity index (χ0) is 22.5. The molecule has 162 valence electrons. The van der Waals surface area contributed by atoms with E-state index in [-0.39, 0.29) is 5.97 Å². The third kappa shape index (κ3) is 4.31. The van der Waals surface area contributed by atoms with E-state index in [1.807, 2.05) is 60.8 Å². The highest BCUT2D eigenvalue weighted by molar-refractivity contribution is 7.99. The van der Waals surface area contributed by atoms with Crippen LogP contribution in [0.4, 0.5) is 0 Å². The van der Waals surface area contributed by atoms with E-state index in [1.165, 1.54) is 7.11 Å². The number of aromatic nitrogens is 3. The van der Waals surface area contributed by atoms with Gasteiger partial charge in [-0.2, -0.15) is 0 Å². The van der Waals surface area contributed by atoms with Gasteiger partial charge in [0.2, 0.25) is 0 Å². The van der Waals surface area contributed by atoms with Gasteiger partial charge in [-0.3, -0.25) is 0 Å². The Balaban J connectivity index is 1.66. The van der Waals surface area contributed by atoms with Crippen molar-refractivity contribution in [2.24, 2.45) is 0 Å². The molecule has 0 radical (unpaired) electrons. The lowest BCUT2D eigenvalue weighted by Crippen LogP contribution is -2.01. The molecule has 1 aromatic heterocycles. The lowest BCUT2D eigenvalue weighted by atomic mass is 10.2. The molecule has 3 aromatic carbocycles. The van der Waals surface area contributed by atoms with Crippen molar-refractivity contribution in [2.75, 3.05) is 21.3 Å². The second-order valence-corrected chi connectivity index (χ2v) is 7.79. The summed E-state index contributed by atoms with van der Waals surface area (Å²) < 4.78 is 17.4. The van der Waals surface area contributed by atoms with Crippen molar-refractivity contribution in [2.45, 2.75) is 9.79 Å². The van der Waals surface area contributed by atoms with Gasteiger partial charge in [-0.15, -0.1) is 5.10 Å². The first-order valence-electron chi connectivity index (χ1n) is 9.74. The fourth-order valence-electron chi connectivity index (χ4n) is 3.23. The zero-order valence-electron chi connectivity index (χ0n) is 17.8. The second kappa shape index (κ2) is 9.57. The van der Waals surface area contributed by atoms with E-state index in [1.54, 1.807) is 42.8 Å². The first-order chi connectivity index (χ1) is 15.6. The van der Waals surface area contributed by atoms with Crippen molar-refractivity contribution in [1.29, 1.82) is 0 Å². The third-order valence-electron chi connectivity index (χ3n) is 4.79. The van der Waals surface area contributed by atoms with Crippen LogP contribution in [-0.2, 0) is 4.74 Å². The Kier molecular flexibility index (Phi) is 6.42. The molecule has 4 aromatic rings. The molecule has 0 aliphatic rings. The Morgan fingerprint density at radius 3 is 2.22 bits per heavy atom. The van der Waals surface area contributed by atoms with Gasteiger partial charge in [0.1, 0.15) is 17.2 Å². The van der Waals surface area contributed by atoms with E-state index in [2.05, 4.69) is 10.3 Å². The van der Waals surface area contributed by atoms with Crippen LogP contribution in [0.2, 0.25) is 0 Å². The predicted molar refractivity (Wildman–Crippen MR) is 122 cm³/mol. The average molecular weight is 448 g/mol. The highest BCUT2D eigenvalue weighted by Gasteiger charge is 2.16. The van der Waals surface area contributed by atoms with Gasteiger partial charge in [-0.25, -0.2) is 9.48 Å². The van der Waals surface area contributed by atoms with Gasteiger partial charge >= 0.3 is 5.97 Å². The van der Waals surface area contributed by atoms with Crippen LogP contribution in [-0.4, -0.2) is 42.3 Å². The molecule has 0 unspecified atom stereocenters. The molecule has 0 spiro atoms. The zero-order valence-corrected chi connectivity index (χ0v) is 18.6. The molecule has 0 saturated carbocycles. The van der Waals surface area contributed by atoms with Crippen molar-refractivity contribution >= 4 is 17.7 Å². The van der Waals surface area contributed by atoms with E-state index >= 15 is 0 Å². The number of para-hydroxylation sites is 1. The van der Waals surface area contributed by atoms with Crippen LogP contribution in [0.25, 0.3) is 16.9 Å². The van der Waals surface area contributed by atoms with Gasteiger partial charge in [-0.1, -0.05) is 41.2 Å². The van der Waals surface area contributed by atoms with Gasteiger partial charge in [0.05, 0.1) is 33.1 Å². The maximum Gasteiger partial charge on any atom is 0.337 e. The lowest BCUT2D eigenvalue weighted by molar-refractivity contribution is 0.0600. The van der Waals surface area contributed by atoms with E-state index in [4.69, 9.17) is 14.2 Å². The van der Waals surface area contributed by atoms with Gasteiger partial charge < -0.3 is 14.2 Å². The highest BCUT2D eigenvalue weighted by atomic mass is 32.2. The Labute approximate surface area is 189 Å². The molecule has 4 rings (SSSR count). The number of carbonyl (C=O) groups excluding carboxylic acids is 1. The minimum atomic E-state index is -0.356. The van der Waals surface area contributed by atoms with Crippen LogP contribution in [0.5, 0.6) is 11.5 Å². The van der Waals surface area contributed by atoms with Gasteiger partial charge in [0.25, 0.3) is 0 Å². The Hall–Kier alpha value is -3.78. The quantitative estimate of drug-likeness (QED) is 0.373. The molecule has 7 nitrogen and oxygen atoms in total. The van der Waals surface area contributed by atoms with Crippen molar-refractivity contribution in [3.63, 3.8) is 0 Å². The van der Waals surface area contributed by atoms with E-state index in [0.717, 1.165) is 15.4 Å². The first kappa shape index (κ1) is 21.5. The number of esters is 1. The summed E-state index contributed by atoms with van der Waals surface area (Å²) in [7, 11) is 4.58. The molecule has 32 heavy (non-hydrogen) atoms. The molecule has 0 N–H and O–H groups in total. The summed E-state index contributed by atoms with van der Waals surface area (Å²) in [6.07, 6.45) is 1.85. The molecule has 0 bridgehead atoms. The van der Waals surface area contributed by atoms with Gasteiger partial charge in [-0.05, 0) is 42.5 Å². The van der Waals surface area contributed by atoms with Crippen molar-refractivity contribution in [3.8, 4) is 28.4 Å². The maximum atomic E-state index is 11.7. The Morgan fingerprint density at radius 1 is 0.875 bits per heavy atom. The SMILES string of the molecule is COC(=O)c1ccc(Sc2ccccc2-c2cn(-c3c(OC)cccc3OC)nn2)cc1. The smallest absolute Gasteiger partial charge is 0.337 e. The molecular formula is C24H21N3O4S. The lowest BCUT2D eigenvalue weighted by Gasteiger charge is -2.12. The van der Waals surface area contributed by atoms with Gasteiger partial charge in [0, 0.05) is 15.4 Å². The van der Waals surface area contributed by atoms with Crippen molar-refractivity contribution in [1.82, 2.24) is 15.0 Å². The fourth-order valence-corrected chi connectivity index (χ4v) is 4.18. The minimum absolute atomic E-state index is 0.356. The standard InChI is InChI=1S/C24H21N3O4S/c1-29-20-8-6-9-21(30-2)23(20)27-15-19(25-26-27)18-7-4-5-10-22(18)32-17-13-11-16(12-14-17)24(28)31-3/h4-15H,1-3H3. The number of ether oxygens (including phenoxy) is 3. The molecule has 0 atom stereocenters. The molecule has 1 heterocycles. The summed E-state index contributed by atoms with van der Waals surface area (Å²) in [5, 5.41) is 8.71. The summed E-state index contributed by atoms with van der Waals surface area (Å²) in [6, 6.07) is 20.8. The number of benzene rings is 3. The number of methoxy groups -OCH3 is 3. The normalized spacial score (nSPS) is 10.6. The summed E-state index contributed by atoms with van der Waals surface area (Å²) in [5.41, 5.74) is 2.85. The van der Waals surface area contributed by atoms with E-state index in [0.29, 0.717) is 28.4 Å². The average Bonchev–Trinajstić information content (AvgIpc) is 3.33.